The van der Waals surface area contributed by atoms with E-state index in [1.165, 1.54) is 9.13 Å². The van der Waals surface area contributed by atoms with Crippen LogP contribution < -0.4 is 5.56 Å². The molecule has 0 unspecified atom stereocenters. The Morgan fingerprint density at radius 1 is 0.926 bits per heavy atom. The smallest absolute Gasteiger partial charge is 0.270 e. The third-order valence-corrected chi connectivity index (χ3v) is 4.53. The first-order valence-electron chi connectivity index (χ1n) is 8.31. The normalized spacial score (nSPS) is 14.1. The fourth-order valence-electron chi connectivity index (χ4n) is 2.90. The monoisotopic (exact) mass is 373 g/mol. The Morgan fingerprint density at radius 3 is 2.07 bits per heavy atom. The number of aromatic hydroxyl groups is 1. The molecule has 0 spiro atoms. The van der Waals surface area contributed by atoms with Crippen molar-refractivity contribution >= 4 is 24.5 Å². The molecule has 132 valence electrons. The van der Waals surface area contributed by atoms with E-state index in [0.29, 0.717) is 17.1 Å². The molecule has 0 atom stereocenters. The summed E-state index contributed by atoms with van der Waals surface area (Å²) in [6.07, 6.45) is 6.72. The number of nitrogens with zero attached hydrogens (tertiary/aromatic N) is 3. The van der Waals surface area contributed by atoms with Crippen LogP contribution in [0.3, 0.4) is 0 Å². The van der Waals surface area contributed by atoms with Crippen LogP contribution in [0, 0.1) is 4.77 Å². The Morgan fingerprint density at radius 2 is 1.52 bits per heavy atom. The molecule has 4 rings (SSSR count). The van der Waals surface area contributed by atoms with Gasteiger partial charge in [-0.3, -0.25) is 18.9 Å². The van der Waals surface area contributed by atoms with E-state index < -0.39 is 5.56 Å². The Hall–Kier alpha value is -3.51. The van der Waals surface area contributed by atoms with E-state index in [1.807, 2.05) is 48.5 Å². The van der Waals surface area contributed by atoms with Crippen molar-refractivity contribution in [1.82, 2.24) is 9.13 Å². The van der Waals surface area contributed by atoms with Gasteiger partial charge in [-0.05, 0) is 54.7 Å². The van der Waals surface area contributed by atoms with Crippen molar-refractivity contribution in [2.45, 2.75) is 0 Å². The van der Waals surface area contributed by atoms with Crippen molar-refractivity contribution in [3.63, 3.8) is 0 Å². The van der Waals surface area contributed by atoms with Crippen LogP contribution in [0.4, 0.5) is 0 Å². The molecule has 2 heterocycles. The summed E-state index contributed by atoms with van der Waals surface area (Å²) in [7, 11) is 0. The lowest BCUT2D eigenvalue weighted by Crippen LogP contribution is -2.25. The third-order valence-electron chi connectivity index (χ3n) is 4.17. The number of hydrogen-bond donors (Lipinski definition) is 1. The van der Waals surface area contributed by atoms with Gasteiger partial charge < -0.3 is 5.11 Å². The quantitative estimate of drug-likeness (QED) is 0.705. The van der Waals surface area contributed by atoms with E-state index in [2.05, 4.69) is 4.99 Å². The molecule has 6 heteroatoms. The lowest BCUT2D eigenvalue weighted by molar-refractivity contribution is 0.429. The van der Waals surface area contributed by atoms with Crippen LogP contribution in [-0.4, -0.2) is 20.5 Å². The van der Waals surface area contributed by atoms with E-state index in [4.69, 9.17) is 12.2 Å². The van der Waals surface area contributed by atoms with Gasteiger partial charge in [-0.15, -0.1) is 0 Å². The molecule has 1 aliphatic heterocycles. The molecule has 1 aromatic heterocycles. The summed E-state index contributed by atoms with van der Waals surface area (Å²) < 4.78 is 3.08. The first kappa shape index (κ1) is 16.9. The molecule has 0 fully saturated rings. The summed E-state index contributed by atoms with van der Waals surface area (Å²) in [4.78, 5) is 17.4. The molecule has 5 nitrogen and oxygen atoms in total. The predicted octanol–water partition coefficient (Wildman–Crippen LogP) is 4.04. The Kier molecular flexibility index (Phi) is 4.40. The van der Waals surface area contributed by atoms with Gasteiger partial charge in [-0.25, -0.2) is 0 Å². The molecule has 0 saturated heterocycles. The molecule has 0 radical (unpaired) electrons. The maximum atomic E-state index is 13.2. The first-order valence-corrected chi connectivity index (χ1v) is 8.72. The highest BCUT2D eigenvalue weighted by molar-refractivity contribution is 7.71. The minimum Gasteiger partial charge on any atom is -0.494 e. The van der Waals surface area contributed by atoms with Gasteiger partial charge in [0, 0.05) is 6.21 Å². The van der Waals surface area contributed by atoms with Crippen LogP contribution in [0.2, 0.25) is 0 Å². The average molecular weight is 373 g/mol. The van der Waals surface area contributed by atoms with Gasteiger partial charge in [0.25, 0.3) is 5.56 Å². The molecule has 0 saturated carbocycles. The fraction of sp³-hybridized carbons (Fsp3) is 0. The molecule has 27 heavy (non-hydrogen) atoms. The molecule has 0 aliphatic carbocycles. The number of benzene rings is 2. The Balaban J connectivity index is 2.10. The molecule has 1 N–H and O–H groups in total. The highest BCUT2D eigenvalue weighted by Gasteiger charge is 2.18. The van der Waals surface area contributed by atoms with Gasteiger partial charge in [-0.2, -0.15) is 0 Å². The van der Waals surface area contributed by atoms with Crippen LogP contribution in [0.1, 0.15) is 5.56 Å². The fourth-order valence-corrected chi connectivity index (χ4v) is 3.28. The average Bonchev–Trinajstić information content (AvgIpc) is 3.20. The summed E-state index contributed by atoms with van der Waals surface area (Å²) >= 11 is 5.57. The van der Waals surface area contributed by atoms with Gasteiger partial charge in [0.15, 0.2) is 4.77 Å². The van der Waals surface area contributed by atoms with Gasteiger partial charge in [0.05, 0.1) is 17.1 Å². The summed E-state index contributed by atoms with van der Waals surface area (Å²) in [5.74, 6) is -0.216. The lowest BCUT2D eigenvalue weighted by atomic mass is 10.2. The molecule has 0 amide bonds. The maximum absolute atomic E-state index is 13.2. The van der Waals surface area contributed by atoms with Crippen LogP contribution in [-0.2, 0) is 0 Å². The first-order chi connectivity index (χ1) is 13.2. The van der Waals surface area contributed by atoms with Gasteiger partial charge in [0.2, 0.25) is 5.88 Å². The Labute approximate surface area is 160 Å². The summed E-state index contributed by atoms with van der Waals surface area (Å²) in [5, 5.41) is 10.9. The zero-order chi connectivity index (χ0) is 18.8. The van der Waals surface area contributed by atoms with E-state index in [1.54, 1.807) is 36.6 Å². The van der Waals surface area contributed by atoms with Crippen molar-refractivity contribution in [1.29, 1.82) is 0 Å². The summed E-state index contributed by atoms with van der Waals surface area (Å²) in [5.41, 5.74) is 1.59. The van der Waals surface area contributed by atoms with Gasteiger partial charge in [0.1, 0.15) is 5.56 Å². The van der Waals surface area contributed by atoms with Crippen molar-refractivity contribution in [2.24, 2.45) is 4.99 Å². The largest absolute Gasteiger partial charge is 0.494 e. The van der Waals surface area contributed by atoms with Gasteiger partial charge in [-0.1, -0.05) is 36.4 Å². The predicted molar refractivity (Wildman–Crippen MR) is 109 cm³/mol. The second-order valence-corrected chi connectivity index (χ2v) is 6.24. The Bertz CT molecular complexity index is 1190. The standard InChI is InChI=1S/C21H15N3O2S/c25-19-18(14-15-8-7-13-22-15)20(26)24(17-11-5-2-6-12-17)21(27)23(19)16-9-3-1-4-10-16/h1-14,25H/b15-14-. The zero-order valence-electron chi connectivity index (χ0n) is 14.2. The summed E-state index contributed by atoms with van der Waals surface area (Å²) in [6, 6.07) is 18.3. The van der Waals surface area contributed by atoms with E-state index in [9.17, 15) is 9.90 Å². The SMILES string of the molecule is O=c1c(/C=C2/C=CC=N2)c(O)n(-c2ccccc2)c(=S)n1-c1ccccc1. The topological polar surface area (TPSA) is 59.5 Å². The molecular weight excluding hydrogens is 358 g/mol. The molecule has 3 aromatic rings. The van der Waals surface area contributed by atoms with E-state index in [-0.39, 0.29) is 16.2 Å². The van der Waals surface area contributed by atoms with Crippen molar-refractivity contribution in [2.75, 3.05) is 0 Å². The minimum absolute atomic E-state index is 0.120. The number of aliphatic imine (C=N–C) groups is 1. The van der Waals surface area contributed by atoms with Crippen molar-refractivity contribution < 1.29 is 5.11 Å². The molecule has 0 bridgehead atoms. The van der Waals surface area contributed by atoms with Crippen LogP contribution in [0.15, 0.2) is 88.3 Å². The number of rotatable bonds is 3. The van der Waals surface area contributed by atoms with Crippen LogP contribution >= 0.6 is 12.2 Å². The van der Waals surface area contributed by atoms with Gasteiger partial charge >= 0.3 is 0 Å². The molecular formula is C21H15N3O2S. The van der Waals surface area contributed by atoms with Crippen molar-refractivity contribution in [3.8, 4) is 17.3 Å². The second-order valence-electron chi connectivity index (χ2n) is 5.87. The van der Waals surface area contributed by atoms with Crippen LogP contribution in [0.5, 0.6) is 5.88 Å². The minimum atomic E-state index is -0.404. The van der Waals surface area contributed by atoms with Crippen LogP contribution in [0.25, 0.3) is 17.5 Å². The van der Waals surface area contributed by atoms with E-state index >= 15 is 0 Å². The van der Waals surface area contributed by atoms with E-state index in [0.717, 1.165) is 0 Å². The summed E-state index contributed by atoms with van der Waals surface area (Å²) in [6.45, 7) is 0. The number of para-hydroxylation sites is 2. The van der Waals surface area contributed by atoms with Crippen molar-refractivity contribution in [3.05, 3.63) is 99.2 Å². The third kappa shape index (κ3) is 3.07. The number of allylic oxidation sites excluding steroid dienone is 2. The molecule has 2 aromatic carbocycles. The highest BCUT2D eigenvalue weighted by Crippen LogP contribution is 2.24. The second kappa shape index (κ2) is 7.01. The maximum Gasteiger partial charge on any atom is 0.270 e. The zero-order valence-corrected chi connectivity index (χ0v) is 15.0. The number of aromatic nitrogens is 2. The highest BCUT2D eigenvalue weighted by atomic mass is 32.1. The molecule has 1 aliphatic rings. The number of hydrogen-bond acceptors (Lipinski definition) is 4. The lowest BCUT2D eigenvalue weighted by Gasteiger charge is -2.16.